The maximum Gasteiger partial charge on any atom is 0.311 e. The Morgan fingerprint density at radius 2 is 1.52 bits per heavy atom. The van der Waals surface area contributed by atoms with Gasteiger partial charge in [-0.15, -0.1) is 0 Å². The van der Waals surface area contributed by atoms with Gasteiger partial charge in [-0.1, -0.05) is 0 Å². The number of hydrogen-bond acceptors (Lipinski definition) is 8. The smallest absolute Gasteiger partial charge is 0.311 e. The predicted octanol–water partition coefficient (Wildman–Crippen LogP) is 0.116. The molecule has 0 saturated carbocycles. The van der Waals surface area contributed by atoms with Gasteiger partial charge in [0.25, 0.3) is 0 Å². The van der Waals surface area contributed by atoms with Gasteiger partial charge in [0.2, 0.25) is 5.91 Å². The Labute approximate surface area is 159 Å². The van der Waals surface area contributed by atoms with Crippen molar-refractivity contribution in [3.8, 4) is 0 Å². The van der Waals surface area contributed by atoms with Crippen molar-refractivity contribution in [1.82, 2.24) is 5.32 Å². The Kier molecular flexibility index (Phi) is 7.37. The van der Waals surface area contributed by atoms with Crippen LogP contribution >= 0.6 is 0 Å². The number of nitrogens with one attached hydrogen (secondary N) is 1. The number of carbonyl (C=O) groups excluding carboxylic acids is 3. The van der Waals surface area contributed by atoms with Gasteiger partial charge < -0.3 is 29.7 Å². The number of ether oxygens (including phenoxy) is 3. The van der Waals surface area contributed by atoms with Gasteiger partial charge in [-0.2, -0.15) is 0 Å². The second-order valence-corrected chi connectivity index (χ2v) is 8.75. The number of esters is 2. The fourth-order valence-corrected chi connectivity index (χ4v) is 2.27. The Balaban J connectivity index is 2.98. The van der Waals surface area contributed by atoms with Crippen LogP contribution in [0.15, 0.2) is 0 Å². The number of amides is 1. The SMILES string of the molecule is CC(=O)N[C@@H]1[C@@H](OC(=O)C(C)(C)C)[C@@H](O)[C@@H](COC(=O)C(C)(C)C)O[C@@H]1O. The molecule has 1 fully saturated rings. The molecule has 27 heavy (non-hydrogen) atoms. The van der Waals surface area contributed by atoms with E-state index >= 15 is 0 Å². The van der Waals surface area contributed by atoms with Gasteiger partial charge in [-0.3, -0.25) is 14.4 Å². The second-order valence-electron chi connectivity index (χ2n) is 8.75. The number of rotatable bonds is 4. The highest BCUT2D eigenvalue weighted by Gasteiger charge is 2.48. The molecule has 0 aliphatic carbocycles. The summed E-state index contributed by atoms with van der Waals surface area (Å²) in [6, 6.07) is -1.17. The average Bonchev–Trinajstić information content (AvgIpc) is 2.49. The molecular weight excluding hydrogens is 358 g/mol. The summed E-state index contributed by atoms with van der Waals surface area (Å²) in [4.78, 5) is 35.6. The van der Waals surface area contributed by atoms with E-state index in [0.717, 1.165) is 0 Å². The van der Waals surface area contributed by atoms with Crippen LogP contribution in [0.25, 0.3) is 0 Å². The van der Waals surface area contributed by atoms with Crippen LogP contribution in [0.5, 0.6) is 0 Å². The van der Waals surface area contributed by atoms with Gasteiger partial charge in [0.05, 0.1) is 10.8 Å². The molecule has 0 aromatic heterocycles. The van der Waals surface area contributed by atoms with Gasteiger partial charge in [0.15, 0.2) is 12.4 Å². The number of aliphatic hydroxyl groups is 2. The Bertz CT molecular complexity index is 563. The van der Waals surface area contributed by atoms with Gasteiger partial charge >= 0.3 is 11.9 Å². The summed E-state index contributed by atoms with van der Waals surface area (Å²) in [6.07, 6.45) is -5.39. The molecule has 1 saturated heterocycles. The first kappa shape index (κ1) is 23.3. The van der Waals surface area contributed by atoms with Crippen molar-refractivity contribution < 1.29 is 38.8 Å². The van der Waals surface area contributed by atoms with E-state index in [4.69, 9.17) is 14.2 Å². The lowest BCUT2D eigenvalue weighted by Crippen LogP contribution is -2.65. The minimum atomic E-state index is -1.56. The first-order chi connectivity index (χ1) is 12.1. The number of carbonyl (C=O) groups is 3. The lowest BCUT2D eigenvalue weighted by Gasteiger charge is -2.43. The van der Waals surface area contributed by atoms with E-state index < -0.39 is 59.3 Å². The molecule has 1 amide bonds. The molecule has 0 unspecified atom stereocenters. The standard InChI is InChI=1S/C18H31NO8/c1-9(20)19-11-13(27-16(24)18(5,6)7)12(21)10(26-14(11)22)8-25-15(23)17(2,3)4/h10-14,21-22H,8H2,1-7H3,(H,19,20)/t10-,11-,12+,13-,14+/m1/s1. The maximum absolute atomic E-state index is 12.3. The number of aliphatic hydroxyl groups excluding tert-OH is 2. The monoisotopic (exact) mass is 389 g/mol. The van der Waals surface area contributed by atoms with Gasteiger partial charge in [-0.25, -0.2) is 0 Å². The lowest BCUT2D eigenvalue weighted by atomic mass is 9.94. The third-order valence-corrected chi connectivity index (χ3v) is 3.91. The van der Waals surface area contributed by atoms with Crippen LogP contribution in [0.2, 0.25) is 0 Å². The van der Waals surface area contributed by atoms with Crippen LogP contribution in [-0.4, -0.2) is 65.3 Å². The third kappa shape index (κ3) is 6.44. The molecule has 1 aliphatic heterocycles. The van der Waals surface area contributed by atoms with Crippen LogP contribution < -0.4 is 5.32 Å². The summed E-state index contributed by atoms with van der Waals surface area (Å²) >= 11 is 0. The van der Waals surface area contributed by atoms with Crippen LogP contribution in [0.3, 0.4) is 0 Å². The summed E-state index contributed by atoms with van der Waals surface area (Å²) in [5, 5.41) is 23.3. The Morgan fingerprint density at radius 1 is 1.00 bits per heavy atom. The van der Waals surface area contributed by atoms with Crippen LogP contribution in [0, 0.1) is 10.8 Å². The van der Waals surface area contributed by atoms with E-state index in [1.807, 2.05) is 0 Å². The summed E-state index contributed by atoms with van der Waals surface area (Å²) < 4.78 is 15.8. The largest absolute Gasteiger partial charge is 0.462 e. The van der Waals surface area contributed by atoms with Crippen molar-refractivity contribution in [2.75, 3.05) is 6.61 Å². The molecule has 0 aromatic carbocycles. The summed E-state index contributed by atoms with van der Waals surface area (Å²) in [5.74, 6) is -1.63. The second kappa shape index (κ2) is 8.53. The van der Waals surface area contributed by atoms with Crippen molar-refractivity contribution >= 4 is 17.8 Å². The minimum absolute atomic E-state index is 0.343. The molecule has 9 nitrogen and oxygen atoms in total. The van der Waals surface area contributed by atoms with E-state index in [2.05, 4.69) is 5.32 Å². The van der Waals surface area contributed by atoms with Crippen molar-refractivity contribution in [1.29, 1.82) is 0 Å². The third-order valence-electron chi connectivity index (χ3n) is 3.91. The fraction of sp³-hybridized carbons (Fsp3) is 0.833. The van der Waals surface area contributed by atoms with E-state index in [0.29, 0.717) is 0 Å². The minimum Gasteiger partial charge on any atom is -0.462 e. The molecule has 0 aromatic rings. The van der Waals surface area contributed by atoms with Crippen LogP contribution in [0.4, 0.5) is 0 Å². The molecular formula is C18H31NO8. The first-order valence-electron chi connectivity index (χ1n) is 8.81. The summed E-state index contributed by atoms with van der Waals surface area (Å²) in [7, 11) is 0. The molecule has 0 radical (unpaired) electrons. The molecule has 1 rings (SSSR count). The summed E-state index contributed by atoms with van der Waals surface area (Å²) in [6.45, 7) is 10.8. The van der Waals surface area contributed by atoms with E-state index in [1.54, 1.807) is 41.5 Å². The van der Waals surface area contributed by atoms with Gasteiger partial charge in [-0.05, 0) is 41.5 Å². The average molecular weight is 389 g/mol. The quantitative estimate of drug-likeness (QED) is 0.578. The Morgan fingerprint density at radius 3 is 1.96 bits per heavy atom. The highest BCUT2D eigenvalue weighted by Crippen LogP contribution is 2.27. The summed E-state index contributed by atoms with van der Waals surface area (Å²) in [5.41, 5.74) is -1.62. The normalized spacial score (nSPS) is 29.0. The molecule has 1 aliphatic rings. The first-order valence-corrected chi connectivity index (χ1v) is 8.81. The zero-order chi connectivity index (χ0) is 21.2. The molecule has 9 heteroatoms. The zero-order valence-electron chi connectivity index (χ0n) is 16.9. The highest BCUT2D eigenvalue weighted by molar-refractivity contribution is 5.76. The predicted molar refractivity (Wildman–Crippen MR) is 94.2 cm³/mol. The topological polar surface area (TPSA) is 131 Å². The van der Waals surface area contributed by atoms with E-state index in [9.17, 15) is 24.6 Å². The van der Waals surface area contributed by atoms with Crippen LogP contribution in [0.1, 0.15) is 48.5 Å². The molecule has 0 bridgehead atoms. The molecule has 0 spiro atoms. The van der Waals surface area contributed by atoms with Gasteiger partial charge in [0.1, 0.15) is 24.9 Å². The van der Waals surface area contributed by atoms with Gasteiger partial charge in [0, 0.05) is 6.92 Å². The maximum atomic E-state index is 12.3. The van der Waals surface area contributed by atoms with E-state index in [1.165, 1.54) is 6.92 Å². The number of hydrogen-bond donors (Lipinski definition) is 3. The highest BCUT2D eigenvalue weighted by atomic mass is 16.6. The zero-order valence-corrected chi connectivity index (χ0v) is 16.9. The van der Waals surface area contributed by atoms with Crippen molar-refractivity contribution in [3.63, 3.8) is 0 Å². The molecule has 156 valence electrons. The lowest BCUT2D eigenvalue weighted by molar-refractivity contribution is -0.262. The molecule has 3 N–H and O–H groups in total. The molecule has 5 atom stereocenters. The Hall–Kier alpha value is -1.71. The van der Waals surface area contributed by atoms with Crippen molar-refractivity contribution in [3.05, 3.63) is 0 Å². The van der Waals surface area contributed by atoms with Crippen molar-refractivity contribution in [2.24, 2.45) is 10.8 Å². The fourth-order valence-electron chi connectivity index (χ4n) is 2.27. The molecule has 1 heterocycles. The van der Waals surface area contributed by atoms with E-state index in [-0.39, 0.29) is 6.61 Å². The van der Waals surface area contributed by atoms with Crippen LogP contribution in [-0.2, 0) is 28.6 Å². The van der Waals surface area contributed by atoms with Crippen molar-refractivity contribution in [2.45, 2.75) is 79.1 Å².